The molecule has 1 aromatic carbocycles. The third kappa shape index (κ3) is 9.96. The number of phenolic OH excluding ortho intramolecular Hbond substituents is 1. The lowest BCUT2D eigenvalue weighted by Crippen LogP contribution is -2.18. The Kier molecular flexibility index (Phi) is 11.8. The van der Waals surface area contributed by atoms with Crippen molar-refractivity contribution in [3.63, 3.8) is 0 Å². The molecular weight excluding hydrogens is 396 g/mol. The number of aromatic hydroxyl groups is 1. The van der Waals surface area contributed by atoms with E-state index in [1.807, 2.05) is 0 Å². The van der Waals surface area contributed by atoms with E-state index in [4.69, 9.17) is 4.74 Å². The molecule has 0 aromatic heterocycles. The zero-order valence-electron chi connectivity index (χ0n) is 22.3. The Bertz CT molecular complexity index is 656. The molecule has 32 heavy (non-hydrogen) atoms. The number of ether oxygens (including phenoxy) is 1. The summed E-state index contributed by atoms with van der Waals surface area (Å²) in [7, 11) is 0. The van der Waals surface area contributed by atoms with E-state index in [-0.39, 0.29) is 16.8 Å². The van der Waals surface area contributed by atoms with Gasteiger partial charge in [0.15, 0.2) is 0 Å². The summed E-state index contributed by atoms with van der Waals surface area (Å²) in [5.74, 6) is 0.769. The molecule has 0 amide bonds. The van der Waals surface area contributed by atoms with Crippen molar-refractivity contribution in [2.45, 2.75) is 130 Å². The average Bonchev–Trinajstić information content (AvgIpc) is 2.69. The Balaban J connectivity index is 2.76. The third-order valence-electron chi connectivity index (χ3n) is 6.32. The highest BCUT2D eigenvalue weighted by Gasteiger charge is 2.26. The van der Waals surface area contributed by atoms with Gasteiger partial charge in [0.1, 0.15) is 5.75 Å². The van der Waals surface area contributed by atoms with Gasteiger partial charge in [0, 0.05) is 6.42 Å². The number of aryl methyl sites for hydroxylation is 1. The van der Waals surface area contributed by atoms with Crippen LogP contribution in [0, 0.1) is 5.92 Å². The number of carbonyl (C=O) groups is 1. The third-order valence-corrected chi connectivity index (χ3v) is 6.32. The summed E-state index contributed by atoms with van der Waals surface area (Å²) in [6.07, 6.45) is 10.8. The Morgan fingerprint density at radius 3 is 1.91 bits per heavy atom. The second-order valence-electron chi connectivity index (χ2n) is 11.6. The Labute approximate surface area is 198 Å². The van der Waals surface area contributed by atoms with Crippen LogP contribution in [0.1, 0.15) is 130 Å². The maximum atomic E-state index is 12.5. The predicted octanol–water partition coefficient (Wildman–Crippen LogP) is 8.24. The summed E-state index contributed by atoms with van der Waals surface area (Å²) < 4.78 is 5.71. The number of hydrogen-bond acceptors (Lipinski definition) is 3. The molecule has 0 saturated heterocycles. The van der Waals surface area contributed by atoms with Crippen molar-refractivity contribution in [2.75, 3.05) is 6.61 Å². The summed E-state index contributed by atoms with van der Waals surface area (Å²) >= 11 is 0. The van der Waals surface area contributed by atoms with Gasteiger partial charge in [-0.05, 0) is 52.7 Å². The maximum Gasteiger partial charge on any atom is 0.306 e. The molecule has 184 valence electrons. The van der Waals surface area contributed by atoms with Crippen LogP contribution in [0.4, 0.5) is 0 Å². The fraction of sp³-hybridized carbons (Fsp3) is 0.759. The Morgan fingerprint density at radius 2 is 1.41 bits per heavy atom. The van der Waals surface area contributed by atoms with Gasteiger partial charge in [0.2, 0.25) is 0 Å². The molecule has 0 fully saturated rings. The second-order valence-corrected chi connectivity index (χ2v) is 11.6. The van der Waals surface area contributed by atoms with Crippen molar-refractivity contribution >= 4 is 5.97 Å². The quantitative estimate of drug-likeness (QED) is 0.245. The van der Waals surface area contributed by atoms with Gasteiger partial charge in [-0.1, -0.05) is 106 Å². The van der Waals surface area contributed by atoms with Crippen LogP contribution in [0.3, 0.4) is 0 Å². The lowest BCUT2D eigenvalue weighted by atomic mass is 9.78. The molecule has 1 aromatic rings. The molecule has 0 aliphatic rings. The molecule has 3 nitrogen and oxygen atoms in total. The van der Waals surface area contributed by atoms with Crippen molar-refractivity contribution in [1.29, 1.82) is 0 Å². The van der Waals surface area contributed by atoms with Gasteiger partial charge in [0.05, 0.1) is 6.61 Å². The summed E-state index contributed by atoms with van der Waals surface area (Å²) in [6, 6.07) is 4.13. The standard InChI is InChI=1S/C29H50O3/c1-9-11-13-14-16-22(15-12-10-2)21-32-26(30)18-17-23-19-24(28(3,4)5)27(31)25(20-23)29(6,7)8/h19-20,22,31H,9-18,21H2,1-8H3. The monoisotopic (exact) mass is 446 g/mol. The number of esters is 1. The van der Waals surface area contributed by atoms with Crippen LogP contribution in [-0.4, -0.2) is 17.7 Å². The molecular formula is C29H50O3. The molecule has 1 rings (SSSR count). The normalized spacial score (nSPS) is 13.2. The number of carbonyl (C=O) groups excluding carboxylic acids is 1. The molecule has 0 aliphatic heterocycles. The van der Waals surface area contributed by atoms with Crippen LogP contribution in [0.25, 0.3) is 0 Å². The van der Waals surface area contributed by atoms with Crippen LogP contribution in [0.2, 0.25) is 0 Å². The molecule has 0 aliphatic carbocycles. The van der Waals surface area contributed by atoms with Crippen LogP contribution in [-0.2, 0) is 26.8 Å². The van der Waals surface area contributed by atoms with Crippen molar-refractivity contribution in [3.05, 3.63) is 28.8 Å². The van der Waals surface area contributed by atoms with E-state index in [1.165, 1.54) is 38.5 Å². The minimum absolute atomic E-state index is 0.109. The first-order valence-corrected chi connectivity index (χ1v) is 12.9. The summed E-state index contributed by atoms with van der Waals surface area (Å²) in [5, 5.41) is 10.9. The molecule has 1 unspecified atom stereocenters. The molecule has 1 atom stereocenters. The Morgan fingerprint density at radius 1 is 0.875 bits per heavy atom. The SMILES string of the molecule is CCCCCCC(CCCC)COC(=O)CCc1cc(C(C)(C)C)c(O)c(C(C)(C)C)c1. The number of benzene rings is 1. The highest BCUT2D eigenvalue weighted by atomic mass is 16.5. The summed E-state index contributed by atoms with van der Waals surface area (Å²) in [4.78, 5) is 12.5. The first-order valence-electron chi connectivity index (χ1n) is 12.9. The van der Waals surface area contributed by atoms with Crippen molar-refractivity contribution in [3.8, 4) is 5.75 Å². The van der Waals surface area contributed by atoms with Gasteiger partial charge in [0.25, 0.3) is 0 Å². The smallest absolute Gasteiger partial charge is 0.306 e. The first kappa shape index (κ1) is 28.5. The average molecular weight is 447 g/mol. The number of phenols is 1. The van der Waals surface area contributed by atoms with E-state index in [0.29, 0.717) is 31.1 Å². The zero-order chi connectivity index (χ0) is 24.4. The second kappa shape index (κ2) is 13.3. The fourth-order valence-corrected chi connectivity index (χ4v) is 4.17. The number of rotatable bonds is 13. The van der Waals surface area contributed by atoms with E-state index in [1.54, 1.807) is 0 Å². The highest BCUT2D eigenvalue weighted by Crippen LogP contribution is 2.40. The van der Waals surface area contributed by atoms with Gasteiger partial charge in [-0.15, -0.1) is 0 Å². The lowest BCUT2D eigenvalue weighted by Gasteiger charge is -2.28. The topological polar surface area (TPSA) is 46.5 Å². The van der Waals surface area contributed by atoms with Crippen molar-refractivity contribution in [2.24, 2.45) is 5.92 Å². The highest BCUT2D eigenvalue weighted by molar-refractivity contribution is 5.69. The number of hydrogen-bond donors (Lipinski definition) is 1. The van der Waals surface area contributed by atoms with Crippen LogP contribution in [0.5, 0.6) is 5.75 Å². The molecule has 0 saturated carbocycles. The molecule has 0 heterocycles. The lowest BCUT2D eigenvalue weighted by molar-refractivity contribution is -0.145. The minimum atomic E-state index is -0.162. The van der Waals surface area contributed by atoms with Gasteiger partial charge in [-0.2, -0.15) is 0 Å². The molecule has 0 spiro atoms. The first-order chi connectivity index (χ1) is 14.9. The fourth-order valence-electron chi connectivity index (χ4n) is 4.17. The summed E-state index contributed by atoms with van der Waals surface area (Å²) in [5.41, 5.74) is 2.66. The minimum Gasteiger partial charge on any atom is -0.507 e. The van der Waals surface area contributed by atoms with Gasteiger partial charge >= 0.3 is 5.97 Å². The summed E-state index contributed by atoms with van der Waals surface area (Å²) in [6.45, 7) is 17.7. The van der Waals surface area contributed by atoms with Crippen molar-refractivity contribution in [1.82, 2.24) is 0 Å². The van der Waals surface area contributed by atoms with Crippen molar-refractivity contribution < 1.29 is 14.6 Å². The Hall–Kier alpha value is -1.51. The largest absolute Gasteiger partial charge is 0.507 e. The number of unbranched alkanes of at least 4 members (excludes halogenated alkanes) is 4. The van der Waals surface area contributed by atoms with E-state index >= 15 is 0 Å². The van der Waals surface area contributed by atoms with Gasteiger partial charge < -0.3 is 9.84 Å². The van der Waals surface area contributed by atoms with Crippen LogP contribution >= 0.6 is 0 Å². The molecule has 0 radical (unpaired) electrons. The van der Waals surface area contributed by atoms with Crippen LogP contribution in [0.15, 0.2) is 12.1 Å². The molecule has 0 bridgehead atoms. The molecule has 3 heteroatoms. The predicted molar refractivity (Wildman–Crippen MR) is 137 cm³/mol. The van der Waals surface area contributed by atoms with Gasteiger partial charge in [-0.25, -0.2) is 0 Å². The maximum absolute atomic E-state index is 12.5. The van der Waals surface area contributed by atoms with Gasteiger partial charge in [-0.3, -0.25) is 4.79 Å². The van der Waals surface area contributed by atoms with E-state index in [2.05, 4.69) is 67.5 Å². The van der Waals surface area contributed by atoms with Crippen LogP contribution < -0.4 is 0 Å². The zero-order valence-corrected chi connectivity index (χ0v) is 22.3. The van der Waals surface area contributed by atoms with E-state index in [0.717, 1.165) is 29.5 Å². The van der Waals surface area contributed by atoms with E-state index in [9.17, 15) is 9.90 Å². The molecule has 1 N–H and O–H groups in total. The van der Waals surface area contributed by atoms with E-state index < -0.39 is 0 Å².